The molecule has 0 aliphatic carbocycles. The van der Waals surface area contributed by atoms with Crippen molar-refractivity contribution in [1.82, 2.24) is 0 Å². The highest BCUT2D eigenvalue weighted by atomic mass is 16.5. The van der Waals surface area contributed by atoms with Crippen molar-refractivity contribution < 1.29 is 9.47 Å². The van der Waals surface area contributed by atoms with Crippen LogP contribution in [0.5, 0.6) is 5.75 Å². The predicted molar refractivity (Wildman–Crippen MR) is 90.7 cm³/mol. The van der Waals surface area contributed by atoms with Crippen molar-refractivity contribution in [3.05, 3.63) is 35.9 Å². The number of rotatable bonds is 10. The average molecular weight is 290 g/mol. The molecule has 0 amide bonds. The maximum absolute atomic E-state index is 5.44. The maximum Gasteiger partial charge on any atom is 0.130 e. The summed E-state index contributed by atoms with van der Waals surface area (Å²) in [6, 6.07) is 6.29. The lowest BCUT2D eigenvalue weighted by Gasteiger charge is -2.12. The quantitative estimate of drug-likeness (QED) is 0.421. The molecule has 1 rings (SSSR count). The summed E-state index contributed by atoms with van der Waals surface area (Å²) in [5.41, 5.74) is 2.25. The fraction of sp³-hybridized carbons (Fsp3) is 0.579. The van der Waals surface area contributed by atoms with Crippen LogP contribution in [-0.2, 0) is 11.2 Å². The minimum absolute atomic E-state index is 0.645. The van der Waals surface area contributed by atoms with Gasteiger partial charge in [0.2, 0.25) is 0 Å². The van der Waals surface area contributed by atoms with Crippen LogP contribution in [-0.4, -0.2) is 14.2 Å². The molecule has 0 aliphatic rings. The van der Waals surface area contributed by atoms with Crippen LogP contribution in [0.2, 0.25) is 0 Å². The molecule has 0 saturated heterocycles. The number of benzene rings is 1. The molecule has 0 fully saturated rings. The van der Waals surface area contributed by atoms with E-state index in [9.17, 15) is 0 Å². The Balaban J connectivity index is 2.44. The molecule has 0 heterocycles. The Kier molecular flexibility index (Phi) is 7.96. The van der Waals surface area contributed by atoms with E-state index in [1.807, 2.05) is 6.07 Å². The van der Waals surface area contributed by atoms with Gasteiger partial charge in [-0.3, -0.25) is 0 Å². The van der Waals surface area contributed by atoms with Gasteiger partial charge >= 0.3 is 0 Å². The van der Waals surface area contributed by atoms with E-state index in [1.54, 1.807) is 14.2 Å². The highest BCUT2D eigenvalue weighted by Crippen LogP contribution is 2.27. The number of hydrogen-bond donors (Lipinski definition) is 0. The van der Waals surface area contributed by atoms with Gasteiger partial charge in [-0.15, -0.1) is 0 Å². The van der Waals surface area contributed by atoms with Gasteiger partial charge in [0.15, 0.2) is 0 Å². The molecule has 1 aromatic rings. The number of aryl methyl sites for hydroxylation is 1. The summed E-state index contributed by atoms with van der Waals surface area (Å²) in [6.07, 6.45) is 7.70. The first-order chi connectivity index (χ1) is 10.1. The standard InChI is InChI=1S/C19H30O2/c1-15(2)10-8-6-7-9-11-17-12-13-18(16(3)20-4)19(14-17)21-5/h12-15H,3,6-11H2,1-2,4-5H3. The molecule has 0 radical (unpaired) electrons. The first-order valence-corrected chi connectivity index (χ1v) is 7.98. The van der Waals surface area contributed by atoms with Crippen LogP contribution < -0.4 is 4.74 Å². The Labute approximate surface area is 130 Å². The highest BCUT2D eigenvalue weighted by Gasteiger charge is 2.08. The molecule has 2 heteroatoms. The van der Waals surface area contributed by atoms with E-state index in [2.05, 4.69) is 32.6 Å². The number of ether oxygens (including phenoxy) is 2. The largest absolute Gasteiger partial charge is 0.497 e. The monoisotopic (exact) mass is 290 g/mol. The van der Waals surface area contributed by atoms with Gasteiger partial charge in [0.1, 0.15) is 11.5 Å². The van der Waals surface area contributed by atoms with E-state index in [0.717, 1.165) is 23.7 Å². The number of hydrogen-bond acceptors (Lipinski definition) is 2. The van der Waals surface area contributed by atoms with Crippen LogP contribution in [0.3, 0.4) is 0 Å². The lowest BCUT2D eigenvalue weighted by atomic mass is 10.0. The van der Waals surface area contributed by atoms with Gasteiger partial charge in [-0.05, 0) is 36.5 Å². The van der Waals surface area contributed by atoms with Gasteiger partial charge in [-0.25, -0.2) is 0 Å². The van der Waals surface area contributed by atoms with Crippen LogP contribution >= 0.6 is 0 Å². The van der Waals surface area contributed by atoms with Crippen molar-refractivity contribution >= 4 is 5.76 Å². The number of unbranched alkanes of at least 4 members (excludes halogenated alkanes) is 3. The third-order valence-electron chi connectivity index (χ3n) is 3.81. The second-order valence-electron chi connectivity index (χ2n) is 6.01. The lowest BCUT2D eigenvalue weighted by molar-refractivity contribution is 0.363. The molecule has 1 aromatic carbocycles. The number of methoxy groups -OCH3 is 2. The van der Waals surface area contributed by atoms with Crippen molar-refractivity contribution in [3.63, 3.8) is 0 Å². The van der Waals surface area contributed by atoms with Crippen LogP contribution in [0, 0.1) is 5.92 Å². The third kappa shape index (κ3) is 6.24. The van der Waals surface area contributed by atoms with Crippen molar-refractivity contribution in [1.29, 1.82) is 0 Å². The maximum atomic E-state index is 5.44. The smallest absolute Gasteiger partial charge is 0.130 e. The summed E-state index contributed by atoms with van der Waals surface area (Å²) < 4.78 is 10.6. The highest BCUT2D eigenvalue weighted by molar-refractivity contribution is 5.64. The molecule has 0 atom stereocenters. The average Bonchev–Trinajstić information content (AvgIpc) is 2.49. The molecule has 21 heavy (non-hydrogen) atoms. The van der Waals surface area contributed by atoms with Crippen LogP contribution in [0.1, 0.15) is 57.1 Å². The Hall–Kier alpha value is -1.44. The van der Waals surface area contributed by atoms with E-state index in [-0.39, 0.29) is 0 Å². The van der Waals surface area contributed by atoms with E-state index in [0.29, 0.717) is 5.76 Å². The van der Waals surface area contributed by atoms with Gasteiger partial charge < -0.3 is 9.47 Å². The fourth-order valence-electron chi connectivity index (χ4n) is 2.47. The minimum atomic E-state index is 0.645. The molecule has 2 nitrogen and oxygen atoms in total. The second-order valence-corrected chi connectivity index (χ2v) is 6.01. The van der Waals surface area contributed by atoms with Crippen LogP contribution in [0.4, 0.5) is 0 Å². The zero-order valence-electron chi connectivity index (χ0n) is 14.1. The Morgan fingerprint density at radius 1 is 1.10 bits per heavy atom. The van der Waals surface area contributed by atoms with Gasteiger partial charge in [0.25, 0.3) is 0 Å². The van der Waals surface area contributed by atoms with Crippen LogP contribution in [0.15, 0.2) is 24.8 Å². The summed E-state index contributed by atoms with van der Waals surface area (Å²) in [5.74, 6) is 2.32. The first-order valence-electron chi connectivity index (χ1n) is 7.98. The Bertz CT molecular complexity index is 435. The molecule has 0 N–H and O–H groups in total. The van der Waals surface area contributed by atoms with Gasteiger partial charge in [0, 0.05) is 0 Å². The summed E-state index contributed by atoms with van der Waals surface area (Å²) in [7, 11) is 3.32. The molecule has 0 bridgehead atoms. The van der Waals surface area contributed by atoms with E-state index in [4.69, 9.17) is 9.47 Å². The van der Waals surface area contributed by atoms with E-state index < -0.39 is 0 Å². The zero-order valence-corrected chi connectivity index (χ0v) is 14.1. The molecular weight excluding hydrogens is 260 g/mol. The van der Waals surface area contributed by atoms with E-state index in [1.165, 1.54) is 37.7 Å². The molecule has 0 spiro atoms. The summed E-state index contributed by atoms with van der Waals surface area (Å²) >= 11 is 0. The lowest BCUT2D eigenvalue weighted by Crippen LogP contribution is -1.95. The fourth-order valence-corrected chi connectivity index (χ4v) is 2.47. The summed E-state index contributed by atoms with van der Waals surface area (Å²) in [4.78, 5) is 0. The molecule has 0 saturated carbocycles. The zero-order chi connectivity index (χ0) is 15.7. The van der Waals surface area contributed by atoms with E-state index >= 15 is 0 Å². The van der Waals surface area contributed by atoms with Crippen LogP contribution in [0.25, 0.3) is 5.76 Å². The summed E-state index contributed by atoms with van der Waals surface area (Å²) in [6.45, 7) is 8.48. The Morgan fingerprint density at radius 3 is 2.43 bits per heavy atom. The van der Waals surface area contributed by atoms with Crippen molar-refractivity contribution in [2.24, 2.45) is 5.92 Å². The normalized spacial score (nSPS) is 10.7. The topological polar surface area (TPSA) is 18.5 Å². The minimum Gasteiger partial charge on any atom is -0.497 e. The van der Waals surface area contributed by atoms with Crippen molar-refractivity contribution in [2.75, 3.05) is 14.2 Å². The van der Waals surface area contributed by atoms with Gasteiger partial charge in [-0.1, -0.05) is 52.2 Å². The van der Waals surface area contributed by atoms with Crippen molar-refractivity contribution in [2.45, 2.75) is 52.4 Å². The second kappa shape index (κ2) is 9.49. The Morgan fingerprint density at radius 2 is 1.81 bits per heavy atom. The van der Waals surface area contributed by atoms with Crippen molar-refractivity contribution in [3.8, 4) is 5.75 Å². The molecule has 118 valence electrons. The summed E-state index contributed by atoms with van der Waals surface area (Å²) in [5, 5.41) is 0. The van der Waals surface area contributed by atoms with Gasteiger partial charge in [-0.2, -0.15) is 0 Å². The molecular formula is C19H30O2. The van der Waals surface area contributed by atoms with Gasteiger partial charge in [0.05, 0.1) is 19.8 Å². The molecule has 0 aliphatic heterocycles. The SMILES string of the molecule is C=C(OC)c1ccc(CCCCCCC(C)C)cc1OC. The first kappa shape index (κ1) is 17.6. The molecule has 0 unspecified atom stereocenters. The predicted octanol–water partition coefficient (Wildman–Crippen LogP) is 5.46. The molecule has 0 aromatic heterocycles. The third-order valence-corrected chi connectivity index (χ3v) is 3.81.